The number of nitrogens with zero attached hydrogens (tertiary/aromatic N) is 1. The van der Waals surface area contributed by atoms with Crippen LogP contribution in [0.3, 0.4) is 0 Å². The van der Waals surface area contributed by atoms with Crippen LogP contribution < -0.4 is 0 Å². The van der Waals surface area contributed by atoms with Crippen LogP contribution in [0.4, 0.5) is 0 Å². The van der Waals surface area contributed by atoms with Crippen molar-refractivity contribution in [2.45, 2.75) is 38.5 Å². The largest absolute Gasteiger partial charge is 0.479 e. The summed E-state index contributed by atoms with van der Waals surface area (Å²) in [6.45, 7) is 2.82. The zero-order valence-electron chi connectivity index (χ0n) is 10.9. The lowest BCUT2D eigenvalue weighted by Crippen LogP contribution is -2.22. The molecule has 0 bridgehead atoms. The SMILES string of the molecule is Cc1cccc2c1ccn2CC1CCC(C(=O)O)O1. The Morgan fingerprint density at radius 1 is 1.42 bits per heavy atom. The number of aromatic nitrogens is 1. The van der Waals surface area contributed by atoms with Gasteiger partial charge in [-0.25, -0.2) is 4.79 Å². The Morgan fingerprint density at radius 2 is 2.26 bits per heavy atom. The van der Waals surface area contributed by atoms with E-state index >= 15 is 0 Å². The van der Waals surface area contributed by atoms with Gasteiger partial charge >= 0.3 is 5.97 Å². The van der Waals surface area contributed by atoms with Crippen molar-refractivity contribution in [1.82, 2.24) is 4.57 Å². The highest BCUT2D eigenvalue weighted by atomic mass is 16.5. The maximum atomic E-state index is 10.9. The summed E-state index contributed by atoms with van der Waals surface area (Å²) in [6.07, 6.45) is 2.83. The molecule has 3 rings (SSSR count). The number of carboxylic acids is 1. The van der Waals surface area contributed by atoms with Crippen molar-refractivity contribution in [3.05, 3.63) is 36.0 Å². The second-order valence-corrected chi connectivity index (χ2v) is 5.14. The molecule has 0 aliphatic carbocycles. The molecule has 2 heterocycles. The first-order valence-corrected chi connectivity index (χ1v) is 6.58. The number of hydrogen-bond acceptors (Lipinski definition) is 2. The smallest absolute Gasteiger partial charge is 0.332 e. The van der Waals surface area contributed by atoms with Gasteiger partial charge in [-0.05, 0) is 37.5 Å². The first-order valence-electron chi connectivity index (χ1n) is 6.58. The average Bonchev–Trinajstić information content (AvgIpc) is 2.98. The van der Waals surface area contributed by atoms with Gasteiger partial charge in [-0.2, -0.15) is 0 Å². The summed E-state index contributed by atoms with van der Waals surface area (Å²) < 4.78 is 7.70. The van der Waals surface area contributed by atoms with Crippen LogP contribution in [0.25, 0.3) is 10.9 Å². The summed E-state index contributed by atoms with van der Waals surface area (Å²) in [5.74, 6) is -0.851. The summed E-state index contributed by atoms with van der Waals surface area (Å²) in [7, 11) is 0. The second kappa shape index (κ2) is 4.70. The lowest BCUT2D eigenvalue weighted by atomic mass is 10.1. The van der Waals surface area contributed by atoms with Crippen LogP contribution in [0.15, 0.2) is 30.5 Å². The third kappa shape index (κ3) is 2.24. The zero-order chi connectivity index (χ0) is 13.4. The molecule has 2 atom stereocenters. The van der Waals surface area contributed by atoms with Crippen LogP contribution in [-0.4, -0.2) is 27.9 Å². The first kappa shape index (κ1) is 12.2. The summed E-state index contributed by atoms with van der Waals surface area (Å²) in [6, 6.07) is 8.34. The highest BCUT2D eigenvalue weighted by Crippen LogP contribution is 2.24. The third-order valence-corrected chi connectivity index (χ3v) is 3.82. The molecule has 4 nitrogen and oxygen atoms in total. The number of aryl methyl sites for hydroxylation is 1. The van der Waals surface area contributed by atoms with E-state index in [-0.39, 0.29) is 6.10 Å². The molecule has 2 aromatic rings. The molecule has 0 spiro atoms. The van der Waals surface area contributed by atoms with E-state index in [4.69, 9.17) is 9.84 Å². The molecule has 1 aliphatic rings. The quantitative estimate of drug-likeness (QED) is 0.921. The van der Waals surface area contributed by atoms with E-state index in [2.05, 4.69) is 35.9 Å². The molecule has 1 fully saturated rings. The van der Waals surface area contributed by atoms with Crippen molar-refractivity contribution in [3.63, 3.8) is 0 Å². The van der Waals surface area contributed by atoms with Gasteiger partial charge in [0.2, 0.25) is 0 Å². The molecule has 19 heavy (non-hydrogen) atoms. The van der Waals surface area contributed by atoms with Gasteiger partial charge in [-0.1, -0.05) is 12.1 Å². The average molecular weight is 259 g/mol. The van der Waals surface area contributed by atoms with Crippen LogP contribution >= 0.6 is 0 Å². The minimum Gasteiger partial charge on any atom is -0.479 e. The predicted octanol–water partition coefficient (Wildman–Crippen LogP) is 2.58. The maximum Gasteiger partial charge on any atom is 0.332 e. The topological polar surface area (TPSA) is 51.5 Å². The van der Waals surface area contributed by atoms with Crippen LogP contribution in [0, 0.1) is 6.92 Å². The molecule has 1 aromatic carbocycles. The molecular weight excluding hydrogens is 242 g/mol. The Balaban J connectivity index is 1.79. The number of rotatable bonds is 3. The Kier molecular flexibility index (Phi) is 3.03. The van der Waals surface area contributed by atoms with E-state index in [9.17, 15) is 4.79 Å². The molecular formula is C15H17NO3. The van der Waals surface area contributed by atoms with Gasteiger partial charge in [0.1, 0.15) is 0 Å². The minimum atomic E-state index is -0.851. The van der Waals surface area contributed by atoms with E-state index in [1.807, 2.05) is 6.07 Å². The van der Waals surface area contributed by atoms with Crippen LogP contribution in [0.2, 0.25) is 0 Å². The zero-order valence-corrected chi connectivity index (χ0v) is 10.9. The van der Waals surface area contributed by atoms with Crippen LogP contribution in [0.1, 0.15) is 18.4 Å². The van der Waals surface area contributed by atoms with E-state index < -0.39 is 12.1 Å². The highest BCUT2D eigenvalue weighted by molar-refractivity contribution is 5.83. The van der Waals surface area contributed by atoms with Gasteiger partial charge in [-0.3, -0.25) is 0 Å². The molecule has 1 aromatic heterocycles. The Labute approximate surface area is 111 Å². The number of benzene rings is 1. The molecule has 0 saturated carbocycles. The monoisotopic (exact) mass is 259 g/mol. The third-order valence-electron chi connectivity index (χ3n) is 3.82. The molecule has 2 unspecified atom stereocenters. The van der Waals surface area contributed by atoms with Crippen molar-refractivity contribution in [3.8, 4) is 0 Å². The maximum absolute atomic E-state index is 10.9. The second-order valence-electron chi connectivity index (χ2n) is 5.14. The number of ether oxygens (including phenoxy) is 1. The molecule has 0 amide bonds. The summed E-state index contributed by atoms with van der Waals surface area (Å²) in [5.41, 5.74) is 2.44. The lowest BCUT2D eigenvalue weighted by Gasteiger charge is -2.13. The fraction of sp³-hybridized carbons (Fsp3) is 0.400. The summed E-state index contributed by atoms with van der Waals surface area (Å²) >= 11 is 0. The van der Waals surface area contributed by atoms with E-state index in [0.29, 0.717) is 6.42 Å². The fourth-order valence-electron chi connectivity index (χ4n) is 2.78. The summed E-state index contributed by atoms with van der Waals surface area (Å²) in [4.78, 5) is 10.9. The molecule has 100 valence electrons. The van der Waals surface area contributed by atoms with Crippen molar-refractivity contribution in [2.24, 2.45) is 0 Å². The van der Waals surface area contributed by atoms with Crippen molar-refractivity contribution < 1.29 is 14.6 Å². The van der Waals surface area contributed by atoms with Crippen molar-refractivity contribution in [2.75, 3.05) is 0 Å². The van der Waals surface area contributed by atoms with E-state index in [1.165, 1.54) is 16.5 Å². The number of fused-ring (bicyclic) bond motifs is 1. The molecule has 1 saturated heterocycles. The Morgan fingerprint density at radius 3 is 3.00 bits per heavy atom. The lowest BCUT2D eigenvalue weighted by molar-refractivity contribution is -0.149. The van der Waals surface area contributed by atoms with E-state index in [1.54, 1.807) is 0 Å². The van der Waals surface area contributed by atoms with Gasteiger partial charge < -0.3 is 14.4 Å². The standard InChI is InChI=1S/C15H17NO3/c1-10-3-2-4-13-12(10)7-8-16(13)9-11-5-6-14(19-11)15(17)18/h2-4,7-8,11,14H,5-6,9H2,1H3,(H,17,18). The van der Waals surface area contributed by atoms with Crippen molar-refractivity contribution in [1.29, 1.82) is 0 Å². The molecule has 1 aliphatic heterocycles. The summed E-state index contributed by atoms with van der Waals surface area (Å²) in [5, 5.41) is 10.2. The highest BCUT2D eigenvalue weighted by Gasteiger charge is 2.30. The van der Waals surface area contributed by atoms with Gasteiger partial charge in [0.05, 0.1) is 6.10 Å². The normalized spacial score (nSPS) is 23.0. The molecule has 1 N–H and O–H groups in total. The van der Waals surface area contributed by atoms with Crippen molar-refractivity contribution >= 4 is 16.9 Å². The predicted molar refractivity (Wildman–Crippen MR) is 72.2 cm³/mol. The minimum absolute atomic E-state index is 0.00258. The van der Waals surface area contributed by atoms with Gasteiger partial charge in [0.15, 0.2) is 6.10 Å². The van der Waals surface area contributed by atoms with E-state index in [0.717, 1.165) is 13.0 Å². The number of aliphatic carboxylic acids is 1. The van der Waals surface area contributed by atoms with Gasteiger partial charge in [0.25, 0.3) is 0 Å². The Hall–Kier alpha value is -1.81. The number of hydrogen-bond donors (Lipinski definition) is 1. The fourth-order valence-corrected chi connectivity index (χ4v) is 2.78. The molecule has 4 heteroatoms. The Bertz CT molecular complexity index is 617. The van der Waals surface area contributed by atoms with Crippen LogP contribution in [-0.2, 0) is 16.1 Å². The van der Waals surface area contributed by atoms with Gasteiger partial charge in [-0.15, -0.1) is 0 Å². The molecule has 0 radical (unpaired) electrons. The number of carboxylic acid groups (broad SMARTS) is 1. The van der Waals surface area contributed by atoms with Gasteiger partial charge in [0, 0.05) is 23.6 Å². The number of carbonyl (C=O) groups is 1. The van der Waals surface area contributed by atoms with Crippen LogP contribution in [0.5, 0.6) is 0 Å². The first-order chi connectivity index (χ1) is 9.15.